The van der Waals surface area contributed by atoms with Gasteiger partial charge in [0.2, 0.25) is 6.79 Å². The number of thioether (sulfide) groups is 1. The van der Waals surface area contributed by atoms with Crippen LogP contribution in [0, 0.1) is 0 Å². The van der Waals surface area contributed by atoms with Crippen molar-refractivity contribution in [1.82, 2.24) is 0 Å². The highest BCUT2D eigenvalue weighted by Gasteiger charge is 2.13. The Morgan fingerprint density at radius 3 is 2.83 bits per heavy atom. The summed E-state index contributed by atoms with van der Waals surface area (Å²) in [5.41, 5.74) is 1.17. The minimum Gasteiger partial charge on any atom is -0.508 e. The first-order valence-electron chi connectivity index (χ1n) is 5.61. The van der Waals surface area contributed by atoms with E-state index in [4.69, 9.17) is 9.47 Å². The molecule has 0 radical (unpaired) electrons. The highest BCUT2D eigenvalue weighted by molar-refractivity contribution is 7.98. The number of ether oxygens (including phenoxy) is 2. The molecule has 0 amide bonds. The average molecular weight is 260 g/mol. The van der Waals surface area contributed by atoms with Gasteiger partial charge in [-0.1, -0.05) is 12.1 Å². The fourth-order valence-electron chi connectivity index (χ4n) is 1.77. The summed E-state index contributed by atoms with van der Waals surface area (Å²) in [4.78, 5) is 1.05. The fourth-order valence-corrected chi connectivity index (χ4v) is 2.66. The van der Waals surface area contributed by atoms with Gasteiger partial charge in [0.1, 0.15) is 5.75 Å². The van der Waals surface area contributed by atoms with Crippen molar-refractivity contribution < 1.29 is 14.6 Å². The molecule has 2 aromatic carbocycles. The number of hydrogen-bond acceptors (Lipinski definition) is 4. The van der Waals surface area contributed by atoms with Gasteiger partial charge >= 0.3 is 0 Å². The van der Waals surface area contributed by atoms with Crippen molar-refractivity contribution in [2.45, 2.75) is 10.6 Å². The summed E-state index contributed by atoms with van der Waals surface area (Å²) in [5.74, 6) is 2.75. The molecule has 18 heavy (non-hydrogen) atoms. The van der Waals surface area contributed by atoms with Crippen molar-refractivity contribution in [2.24, 2.45) is 0 Å². The van der Waals surface area contributed by atoms with Crippen LogP contribution in [0.2, 0.25) is 0 Å². The molecule has 0 saturated heterocycles. The van der Waals surface area contributed by atoms with Gasteiger partial charge in [-0.2, -0.15) is 0 Å². The third-order valence-electron chi connectivity index (χ3n) is 2.66. The Balaban J connectivity index is 1.70. The lowest BCUT2D eigenvalue weighted by Crippen LogP contribution is -1.92. The van der Waals surface area contributed by atoms with E-state index in [1.165, 1.54) is 5.56 Å². The maximum Gasteiger partial charge on any atom is 0.231 e. The number of fused-ring (bicyclic) bond motifs is 1. The Kier molecular flexibility index (Phi) is 3.02. The summed E-state index contributed by atoms with van der Waals surface area (Å²) < 4.78 is 10.6. The van der Waals surface area contributed by atoms with E-state index >= 15 is 0 Å². The lowest BCUT2D eigenvalue weighted by atomic mass is 10.2. The quantitative estimate of drug-likeness (QED) is 0.858. The molecule has 0 unspecified atom stereocenters. The van der Waals surface area contributed by atoms with Gasteiger partial charge in [-0.15, -0.1) is 11.8 Å². The molecule has 0 aromatic heterocycles. The van der Waals surface area contributed by atoms with Crippen LogP contribution in [0.4, 0.5) is 0 Å². The number of rotatable bonds is 3. The van der Waals surface area contributed by atoms with Crippen molar-refractivity contribution in [2.75, 3.05) is 6.79 Å². The number of phenols is 1. The molecule has 92 valence electrons. The van der Waals surface area contributed by atoms with E-state index in [0.717, 1.165) is 22.1 Å². The van der Waals surface area contributed by atoms with E-state index in [2.05, 4.69) is 0 Å². The molecule has 0 fully saturated rings. The van der Waals surface area contributed by atoms with E-state index in [1.54, 1.807) is 23.9 Å². The third-order valence-corrected chi connectivity index (χ3v) is 3.73. The molecule has 0 spiro atoms. The molecule has 1 N–H and O–H groups in total. The zero-order valence-corrected chi connectivity index (χ0v) is 10.4. The minimum absolute atomic E-state index is 0.297. The van der Waals surface area contributed by atoms with Crippen LogP contribution in [-0.4, -0.2) is 11.9 Å². The topological polar surface area (TPSA) is 38.7 Å². The lowest BCUT2D eigenvalue weighted by Gasteiger charge is -2.04. The monoisotopic (exact) mass is 260 g/mol. The van der Waals surface area contributed by atoms with Crippen molar-refractivity contribution in [1.29, 1.82) is 0 Å². The van der Waals surface area contributed by atoms with Gasteiger partial charge in [-0.3, -0.25) is 0 Å². The average Bonchev–Trinajstić information content (AvgIpc) is 2.84. The predicted molar refractivity (Wildman–Crippen MR) is 70.2 cm³/mol. The van der Waals surface area contributed by atoms with Crippen molar-refractivity contribution in [3.8, 4) is 17.2 Å². The molecule has 1 heterocycles. The van der Waals surface area contributed by atoms with Gasteiger partial charge in [0, 0.05) is 10.6 Å². The second kappa shape index (κ2) is 4.82. The fraction of sp³-hybridized carbons (Fsp3) is 0.143. The molecule has 3 nitrogen and oxygen atoms in total. The molecule has 4 heteroatoms. The SMILES string of the molecule is Oc1cccc(SCc2ccc3c(c2)OCO3)c1. The zero-order chi connectivity index (χ0) is 12.4. The van der Waals surface area contributed by atoms with E-state index in [-0.39, 0.29) is 0 Å². The van der Waals surface area contributed by atoms with Crippen LogP contribution in [0.5, 0.6) is 17.2 Å². The summed E-state index contributed by atoms with van der Waals surface area (Å²) in [7, 11) is 0. The Morgan fingerprint density at radius 1 is 1.06 bits per heavy atom. The first-order chi connectivity index (χ1) is 8.81. The highest BCUT2D eigenvalue weighted by Crippen LogP contribution is 2.34. The molecular formula is C14H12O3S. The van der Waals surface area contributed by atoms with Crippen molar-refractivity contribution in [3.05, 3.63) is 48.0 Å². The minimum atomic E-state index is 0.297. The number of aromatic hydroxyl groups is 1. The van der Waals surface area contributed by atoms with Gasteiger partial charge < -0.3 is 14.6 Å². The Morgan fingerprint density at radius 2 is 1.94 bits per heavy atom. The third kappa shape index (κ3) is 2.38. The molecule has 0 atom stereocenters. The maximum atomic E-state index is 9.39. The summed E-state index contributed by atoms with van der Waals surface area (Å²) in [6.45, 7) is 0.304. The Hall–Kier alpha value is -1.81. The van der Waals surface area contributed by atoms with Crippen LogP contribution < -0.4 is 9.47 Å². The van der Waals surface area contributed by atoms with Crippen molar-refractivity contribution in [3.63, 3.8) is 0 Å². The lowest BCUT2D eigenvalue weighted by molar-refractivity contribution is 0.174. The Labute approximate surface area is 109 Å². The van der Waals surface area contributed by atoms with Crippen LogP contribution >= 0.6 is 11.8 Å². The van der Waals surface area contributed by atoms with Gasteiger partial charge in [0.25, 0.3) is 0 Å². The Bertz CT molecular complexity index is 569. The second-order valence-corrected chi connectivity index (χ2v) is 5.02. The summed E-state index contributed by atoms with van der Waals surface area (Å²) in [5, 5.41) is 9.39. The number of hydrogen-bond donors (Lipinski definition) is 1. The first kappa shape index (κ1) is 11.3. The molecule has 0 bridgehead atoms. The molecule has 0 saturated carbocycles. The normalized spacial score (nSPS) is 12.7. The summed E-state index contributed by atoms with van der Waals surface area (Å²) in [6, 6.07) is 13.2. The standard InChI is InChI=1S/C14H12O3S/c15-11-2-1-3-12(7-11)18-8-10-4-5-13-14(6-10)17-9-16-13/h1-7,15H,8-9H2. The summed E-state index contributed by atoms with van der Waals surface area (Å²) in [6.07, 6.45) is 0. The maximum absolute atomic E-state index is 9.39. The second-order valence-electron chi connectivity index (χ2n) is 3.97. The number of benzene rings is 2. The van der Waals surface area contributed by atoms with Gasteiger partial charge in [0.15, 0.2) is 11.5 Å². The van der Waals surface area contributed by atoms with E-state index in [9.17, 15) is 5.11 Å². The van der Waals surface area contributed by atoms with E-state index in [0.29, 0.717) is 12.5 Å². The van der Waals surface area contributed by atoms with Crippen LogP contribution in [0.25, 0.3) is 0 Å². The van der Waals surface area contributed by atoms with Crippen LogP contribution in [0.3, 0.4) is 0 Å². The first-order valence-corrected chi connectivity index (χ1v) is 6.60. The number of phenolic OH excluding ortho intramolecular Hbond substituents is 1. The molecule has 0 aliphatic carbocycles. The van der Waals surface area contributed by atoms with Gasteiger partial charge in [-0.25, -0.2) is 0 Å². The van der Waals surface area contributed by atoms with Crippen LogP contribution in [-0.2, 0) is 5.75 Å². The predicted octanol–water partition coefficient (Wildman–Crippen LogP) is 3.41. The largest absolute Gasteiger partial charge is 0.508 e. The van der Waals surface area contributed by atoms with Gasteiger partial charge in [-0.05, 0) is 35.9 Å². The molecule has 3 rings (SSSR count). The summed E-state index contributed by atoms with van der Waals surface area (Å²) >= 11 is 1.68. The highest BCUT2D eigenvalue weighted by atomic mass is 32.2. The van der Waals surface area contributed by atoms with E-state index < -0.39 is 0 Å². The molecule has 2 aromatic rings. The smallest absolute Gasteiger partial charge is 0.231 e. The van der Waals surface area contributed by atoms with Gasteiger partial charge in [0.05, 0.1) is 0 Å². The van der Waals surface area contributed by atoms with Crippen LogP contribution in [0.15, 0.2) is 47.4 Å². The van der Waals surface area contributed by atoms with Crippen LogP contribution in [0.1, 0.15) is 5.56 Å². The zero-order valence-electron chi connectivity index (χ0n) is 9.63. The van der Waals surface area contributed by atoms with Crippen molar-refractivity contribution >= 4 is 11.8 Å². The van der Waals surface area contributed by atoms with E-state index in [1.807, 2.05) is 30.3 Å². The molecule has 1 aliphatic heterocycles. The molecule has 1 aliphatic rings. The molecular weight excluding hydrogens is 248 g/mol.